The summed E-state index contributed by atoms with van der Waals surface area (Å²) in [5.74, 6) is 0.993. The van der Waals surface area contributed by atoms with Crippen LogP contribution in [0.1, 0.15) is 30.1 Å². The molecule has 2 rings (SSSR count). The molecular formula is C11H16N4. The molecule has 0 spiro atoms. The lowest BCUT2D eigenvalue weighted by Gasteiger charge is -2.15. The molecule has 1 atom stereocenters. The predicted molar refractivity (Wildman–Crippen MR) is 57.2 cm³/mol. The van der Waals surface area contributed by atoms with Crippen molar-refractivity contribution in [2.24, 2.45) is 5.73 Å². The van der Waals surface area contributed by atoms with E-state index < -0.39 is 6.04 Å². The summed E-state index contributed by atoms with van der Waals surface area (Å²) in [4.78, 5) is 4.54. The Kier molecular flexibility index (Phi) is 2.74. The summed E-state index contributed by atoms with van der Waals surface area (Å²) in [6, 6.07) is 1.64. The van der Waals surface area contributed by atoms with Gasteiger partial charge >= 0.3 is 0 Å². The average molecular weight is 204 g/mol. The predicted octanol–water partition coefficient (Wildman–Crippen LogP) is 0.921. The number of rotatable bonds is 2. The fraction of sp³-hybridized carbons (Fsp3) is 0.636. The summed E-state index contributed by atoms with van der Waals surface area (Å²) in [5.41, 5.74) is 8.16. The van der Waals surface area contributed by atoms with E-state index in [1.54, 1.807) is 0 Å². The van der Waals surface area contributed by atoms with Crippen LogP contribution in [0.15, 0.2) is 0 Å². The zero-order valence-electron chi connectivity index (χ0n) is 9.03. The molecule has 1 aliphatic rings. The summed E-state index contributed by atoms with van der Waals surface area (Å²) in [6.07, 6.45) is 4.60. The molecule has 1 heterocycles. The fourth-order valence-electron chi connectivity index (χ4n) is 2.22. The molecule has 4 heteroatoms. The third-order valence-corrected chi connectivity index (χ3v) is 2.97. The maximum Gasteiger partial charge on any atom is 0.111 e. The van der Waals surface area contributed by atoms with Gasteiger partial charge in [0.15, 0.2) is 0 Å². The number of fused-ring (bicyclic) bond motifs is 1. The van der Waals surface area contributed by atoms with Gasteiger partial charge in [-0.05, 0) is 32.6 Å². The molecule has 0 aromatic carbocycles. The molecule has 0 radical (unpaired) electrons. The number of nitriles is 1. The van der Waals surface area contributed by atoms with Gasteiger partial charge < -0.3 is 10.3 Å². The van der Waals surface area contributed by atoms with E-state index in [-0.39, 0.29) is 0 Å². The largest absolute Gasteiger partial charge is 0.329 e. The van der Waals surface area contributed by atoms with Crippen molar-refractivity contribution in [2.45, 2.75) is 45.2 Å². The first-order chi connectivity index (χ1) is 7.22. The van der Waals surface area contributed by atoms with Gasteiger partial charge in [0.25, 0.3) is 0 Å². The van der Waals surface area contributed by atoms with Crippen LogP contribution < -0.4 is 5.73 Å². The van der Waals surface area contributed by atoms with Crippen LogP contribution in [-0.2, 0) is 19.4 Å². The van der Waals surface area contributed by atoms with Gasteiger partial charge in [-0.25, -0.2) is 4.98 Å². The lowest BCUT2D eigenvalue weighted by molar-refractivity contribution is 0.570. The first-order valence-corrected chi connectivity index (χ1v) is 5.42. The lowest BCUT2D eigenvalue weighted by Crippen LogP contribution is -2.26. The first kappa shape index (κ1) is 10.2. The zero-order chi connectivity index (χ0) is 10.8. The monoisotopic (exact) mass is 204 g/mol. The second-order valence-corrected chi connectivity index (χ2v) is 4.11. The van der Waals surface area contributed by atoms with Crippen LogP contribution in [0.3, 0.4) is 0 Å². The normalized spacial score (nSPS) is 16.9. The molecule has 4 nitrogen and oxygen atoms in total. The summed E-state index contributed by atoms with van der Waals surface area (Å²) in [6.45, 7) is 2.56. The smallest absolute Gasteiger partial charge is 0.111 e. The highest BCUT2D eigenvalue weighted by atomic mass is 15.1. The van der Waals surface area contributed by atoms with Crippen LogP contribution in [0, 0.1) is 18.3 Å². The van der Waals surface area contributed by atoms with E-state index in [0.29, 0.717) is 6.54 Å². The SMILES string of the molecule is Cc1nc2c(n1CC(N)C#N)CCCC2. The molecule has 0 amide bonds. The van der Waals surface area contributed by atoms with Crippen molar-refractivity contribution in [2.75, 3.05) is 0 Å². The van der Waals surface area contributed by atoms with Gasteiger partial charge in [-0.15, -0.1) is 0 Å². The van der Waals surface area contributed by atoms with Crippen molar-refractivity contribution in [1.82, 2.24) is 9.55 Å². The van der Waals surface area contributed by atoms with Crippen LogP contribution in [0.4, 0.5) is 0 Å². The van der Waals surface area contributed by atoms with E-state index in [2.05, 4.69) is 15.6 Å². The quantitative estimate of drug-likeness (QED) is 0.779. The van der Waals surface area contributed by atoms with Crippen molar-refractivity contribution in [3.05, 3.63) is 17.2 Å². The van der Waals surface area contributed by atoms with E-state index >= 15 is 0 Å². The topological polar surface area (TPSA) is 67.6 Å². The molecule has 0 saturated heterocycles. The van der Waals surface area contributed by atoms with Crippen LogP contribution in [0.25, 0.3) is 0 Å². The second-order valence-electron chi connectivity index (χ2n) is 4.11. The first-order valence-electron chi connectivity index (χ1n) is 5.42. The Morgan fingerprint density at radius 1 is 1.53 bits per heavy atom. The van der Waals surface area contributed by atoms with Crippen molar-refractivity contribution in [3.8, 4) is 6.07 Å². The summed E-state index contributed by atoms with van der Waals surface area (Å²) in [7, 11) is 0. The number of hydrogen-bond donors (Lipinski definition) is 1. The number of nitrogens with zero attached hydrogens (tertiary/aromatic N) is 3. The van der Waals surface area contributed by atoms with Crippen molar-refractivity contribution >= 4 is 0 Å². The molecule has 2 N–H and O–H groups in total. The summed E-state index contributed by atoms with van der Waals surface area (Å²) >= 11 is 0. The number of nitrogens with two attached hydrogens (primary N) is 1. The Bertz CT molecular complexity index is 399. The van der Waals surface area contributed by atoms with Crippen LogP contribution in [0.5, 0.6) is 0 Å². The zero-order valence-corrected chi connectivity index (χ0v) is 9.03. The minimum absolute atomic E-state index is 0.427. The highest BCUT2D eigenvalue weighted by molar-refractivity contribution is 5.20. The van der Waals surface area contributed by atoms with E-state index in [1.165, 1.54) is 24.2 Å². The van der Waals surface area contributed by atoms with Gasteiger partial charge in [0.2, 0.25) is 0 Å². The van der Waals surface area contributed by atoms with Crippen molar-refractivity contribution < 1.29 is 0 Å². The van der Waals surface area contributed by atoms with Crippen molar-refractivity contribution in [3.63, 3.8) is 0 Å². The van der Waals surface area contributed by atoms with Crippen molar-refractivity contribution in [1.29, 1.82) is 5.26 Å². The third-order valence-electron chi connectivity index (χ3n) is 2.97. The molecule has 0 fully saturated rings. The summed E-state index contributed by atoms with van der Waals surface area (Å²) in [5, 5.41) is 8.72. The van der Waals surface area contributed by atoms with Crippen LogP contribution in [-0.4, -0.2) is 15.6 Å². The lowest BCUT2D eigenvalue weighted by atomic mass is 10.0. The molecule has 1 aromatic rings. The van der Waals surface area contributed by atoms with E-state index in [0.717, 1.165) is 18.7 Å². The van der Waals surface area contributed by atoms with Gasteiger partial charge in [-0.3, -0.25) is 0 Å². The number of aryl methyl sites for hydroxylation is 2. The van der Waals surface area contributed by atoms with Gasteiger partial charge in [-0.2, -0.15) is 5.26 Å². The van der Waals surface area contributed by atoms with Gasteiger partial charge in [0.05, 0.1) is 18.3 Å². The molecule has 0 saturated carbocycles. The van der Waals surface area contributed by atoms with Crippen LogP contribution in [0.2, 0.25) is 0 Å². The standard InChI is InChI=1S/C11H16N4/c1-8-14-10-4-2-3-5-11(10)15(8)7-9(13)6-12/h9H,2-5,7,13H2,1H3. The number of hydrogen-bond acceptors (Lipinski definition) is 3. The molecular weight excluding hydrogens is 188 g/mol. The Morgan fingerprint density at radius 3 is 3.00 bits per heavy atom. The maximum atomic E-state index is 8.72. The summed E-state index contributed by atoms with van der Waals surface area (Å²) < 4.78 is 2.11. The molecule has 1 aliphatic carbocycles. The minimum Gasteiger partial charge on any atom is -0.329 e. The third kappa shape index (κ3) is 1.88. The molecule has 0 aliphatic heterocycles. The Balaban J connectivity index is 2.30. The molecule has 80 valence electrons. The van der Waals surface area contributed by atoms with Gasteiger partial charge in [0, 0.05) is 5.69 Å². The van der Waals surface area contributed by atoms with Gasteiger partial charge in [-0.1, -0.05) is 0 Å². The Hall–Kier alpha value is -1.34. The molecule has 1 unspecified atom stereocenters. The Labute approximate surface area is 89.7 Å². The van der Waals surface area contributed by atoms with E-state index in [1.807, 2.05) is 6.92 Å². The van der Waals surface area contributed by atoms with E-state index in [9.17, 15) is 0 Å². The number of aromatic nitrogens is 2. The molecule has 1 aromatic heterocycles. The second kappa shape index (κ2) is 4.03. The molecule has 15 heavy (non-hydrogen) atoms. The average Bonchev–Trinajstić information content (AvgIpc) is 2.55. The number of imidazole rings is 1. The highest BCUT2D eigenvalue weighted by Gasteiger charge is 2.18. The maximum absolute atomic E-state index is 8.72. The van der Waals surface area contributed by atoms with Gasteiger partial charge in [0.1, 0.15) is 11.9 Å². The highest BCUT2D eigenvalue weighted by Crippen LogP contribution is 2.22. The fourth-order valence-corrected chi connectivity index (χ4v) is 2.22. The minimum atomic E-state index is -0.427. The van der Waals surface area contributed by atoms with Crippen LogP contribution >= 0.6 is 0 Å². The Morgan fingerprint density at radius 2 is 2.27 bits per heavy atom. The van der Waals surface area contributed by atoms with E-state index in [4.69, 9.17) is 11.0 Å². The molecule has 0 bridgehead atoms.